The van der Waals surface area contributed by atoms with Gasteiger partial charge in [0.1, 0.15) is 0 Å². The number of amides is 1. The van der Waals surface area contributed by atoms with Gasteiger partial charge in [0.15, 0.2) is 6.10 Å². The van der Waals surface area contributed by atoms with Crippen LogP contribution in [0.2, 0.25) is 0 Å². The number of aryl methyl sites for hydroxylation is 1. The number of nitrogens with one attached hydrogen (secondary N) is 2. The van der Waals surface area contributed by atoms with Crippen LogP contribution in [0.4, 0.5) is 5.69 Å². The van der Waals surface area contributed by atoms with Crippen LogP contribution in [0.5, 0.6) is 0 Å². The molecule has 150 valence electrons. The normalized spacial score (nSPS) is 12.3. The molecule has 2 aromatic rings. The molecular weight excluding hydrogens is 380 g/mol. The second-order valence-electron chi connectivity index (χ2n) is 6.71. The molecule has 2 aromatic carbocycles. The lowest BCUT2D eigenvalue weighted by Crippen LogP contribution is -2.39. The zero-order valence-electron chi connectivity index (χ0n) is 16.2. The number of anilines is 1. The number of rotatable bonds is 7. The molecule has 0 saturated heterocycles. The number of carbonyl (C=O) groups is 2. The number of benzene rings is 2. The maximum absolute atomic E-state index is 12.5. The van der Waals surface area contributed by atoms with Crippen molar-refractivity contribution >= 4 is 27.6 Å². The summed E-state index contributed by atoms with van der Waals surface area (Å²) < 4.78 is 32.6. The molecule has 2 rings (SSSR count). The first-order chi connectivity index (χ1) is 13.1. The van der Waals surface area contributed by atoms with Crippen LogP contribution in [0.3, 0.4) is 0 Å². The summed E-state index contributed by atoms with van der Waals surface area (Å²) in [6, 6.07) is 12.2. The first-order valence-electron chi connectivity index (χ1n) is 8.79. The molecule has 1 atom stereocenters. The van der Waals surface area contributed by atoms with E-state index in [0.717, 1.165) is 5.56 Å². The summed E-state index contributed by atoms with van der Waals surface area (Å²) in [7, 11) is -3.79. The fourth-order valence-corrected chi connectivity index (χ4v) is 3.37. The van der Waals surface area contributed by atoms with Crippen molar-refractivity contribution in [2.24, 2.45) is 0 Å². The van der Waals surface area contributed by atoms with E-state index in [9.17, 15) is 18.0 Å². The molecular formula is C20H24N2O5S. The zero-order valence-corrected chi connectivity index (χ0v) is 17.0. The predicted octanol–water partition coefficient (Wildman–Crippen LogP) is 2.87. The predicted molar refractivity (Wildman–Crippen MR) is 107 cm³/mol. The summed E-state index contributed by atoms with van der Waals surface area (Å²) in [5.41, 5.74) is 1.29. The van der Waals surface area contributed by atoms with Crippen LogP contribution < -0.4 is 10.0 Å². The summed E-state index contributed by atoms with van der Waals surface area (Å²) in [6.45, 7) is 6.94. The highest BCUT2D eigenvalue weighted by molar-refractivity contribution is 7.92. The van der Waals surface area contributed by atoms with E-state index >= 15 is 0 Å². The van der Waals surface area contributed by atoms with Crippen molar-refractivity contribution in [3.63, 3.8) is 0 Å². The van der Waals surface area contributed by atoms with Crippen LogP contribution in [-0.4, -0.2) is 32.4 Å². The standard InChI is InChI=1S/C20H24N2O5S/c1-13(2)21-19(23)15(4)27-20(24)16-6-5-7-17(12-16)22-28(25,26)18-10-8-14(3)9-11-18/h5-13,15,22H,1-4H3,(H,21,23)/t15-/m0/s1. The minimum absolute atomic E-state index is 0.0758. The third-order valence-corrected chi connectivity index (χ3v) is 5.16. The van der Waals surface area contributed by atoms with Gasteiger partial charge in [-0.1, -0.05) is 23.8 Å². The van der Waals surface area contributed by atoms with E-state index in [1.54, 1.807) is 26.0 Å². The highest BCUT2D eigenvalue weighted by Crippen LogP contribution is 2.18. The van der Waals surface area contributed by atoms with Crippen LogP contribution in [0.1, 0.15) is 36.7 Å². The summed E-state index contributed by atoms with van der Waals surface area (Å²) >= 11 is 0. The second-order valence-corrected chi connectivity index (χ2v) is 8.39. The molecule has 7 nitrogen and oxygen atoms in total. The second kappa shape index (κ2) is 8.88. The first-order valence-corrected chi connectivity index (χ1v) is 10.3. The third-order valence-electron chi connectivity index (χ3n) is 3.77. The fourth-order valence-electron chi connectivity index (χ4n) is 2.33. The maximum atomic E-state index is 12.5. The van der Waals surface area contributed by atoms with Crippen LogP contribution in [0.25, 0.3) is 0 Å². The SMILES string of the molecule is Cc1ccc(S(=O)(=O)Nc2cccc(C(=O)O[C@@H](C)C(=O)NC(C)C)c2)cc1. The van der Waals surface area contributed by atoms with Crippen LogP contribution in [0, 0.1) is 6.92 Å². The maximum Gasteiger partial charge on any atom is 0.338 e. The fraction of sp³-hybridized carbons (Fsp3) is 0.300. The Morgan fingerprint density at radius 3 is 2.25 bits per heavy atom. The average molecular weight is 404 g/mol. The molecule has 0 aromatic heterocycles. The summed E-state index contributed by atoms with van der Waals surface area (Å²) in [6.07, 6.45) is -0.970. The van der Waals surface area contributed by atoms with E-state index in [0.29, 0.717) is 0 Å². The van der Waals surface area contributed by atoms with Gasteiger partial charge in [-0.3, -0.25) is 9.52 Å². The Kier molecular flexibility index (Phi) is 6.80. The Morgan fingerprint density at radius 2 is 1.64 bits per heavy atom. The molecule has 0 aliphatic carbocycles. The largest absolute Gasteiger partial charge is 0.449 e. The lowest BCUT2D eigenvalue weighted by Gasteiger charge is -2.15. The van der Waals surface area contributed by atoms with Gasteiger partial charge in [0.05, 0.1) is 10.5 Å². The van der Waals surface area contributed by atoms with Crippen molar-refractivity contribution in [3.8, 4) is 0 Å². The Hall–Kier alpha value is -2.87. The van der Waals surface area contributed by atoms with E-state index in [2.05, 4.69) is 10.0 Å². The van der Waals surface area contributed by atoms with Crippen molar-refractivity contribution in [3.05, 3.63) is 59.7 Å². The lowest BCUT2D eigenvalue weighted by atomic mass is 10.2. The Balaban J connectivity index is 2.12. The lowest BCUT2D eigenvalue weighted by molar-refractivity contribution is -0.129. The van der Waals surface area contributed by atoms with E-state index in [-0.39, 0.29) is 22.2 Å². The molecule has 0 unspecified atom stereocenters. The first kappa shape index (κ1) is 21.4. The summed E-state index contributed by atoms with van der Waals surface area (Å²) in [5, 5.41) is 2.66. The van der Waals surface area contributed by atoms with Gasteiger partial charge >= 0.3 is 5.97 Å². The van der Waals surface area contributed by atoms with Crippen molar-refractivity contribution in [1.82, 2.24) is 5.32 Å². The molecule has 0 heterocycles. The molecule has 0 radical (unpaired) electrons. The van der Waals surface area contributed by atoms with Gasteiger partial charge in [0.2, 0.25) is 0 Å². The summed E-state index contributed by atoms with van der Waals surface area (Å²) in [5.74, 6) is -1.12. The molecule has 8 heteroatoms. The highest BCUT2D eigenvalue weighted by atomic mass is 32.2. The molecule has 0 spiro atoms. The molecule has 0 saturated carbocycles. The monoisotopic (exact) mass is 404 g/mol. The van der Waals surface area contributed by atoms with Crippen LogP contribution in [-0.2, 0) is 19.6 Å². The smallest absolute Gasteiger partial charge is 0.338 e. The van der Waals surface area contributed by atoms with Gasteiger partial charge in [0, 0.05) is 11.7 Å². The van der Waals surface area contributed by atoms with Crippen molar-refractivity contribution < 1.29 is 22.7 Å². The highest BCUT2D eigenvalue weighted by Gasteiger charge is 2.20. The number of sulfonamides is 1. The quantitative estimate of drug-likeness (QED) is 0.691. The number of hydrogen-bond donors (Lipinski definition) is 2. The third kappa shape index (κ3) is 5.82. The van der Waals surface area contributed by atoms with Crippen LogP contribution >= 0.6 is 0 Å². The van der Waals surface area contributed by atoms with Crippen molar-refractivity contribution in [2.75, 3.05) is 4.72 Å². The van der Waals surface area contributed by atoms with Gasteiger partial charge in [0.25, 0.3) is 15.9 Å². The topological polar surface area (TPSA) is 102 Å². The molecule has 1 amide bonds. The van der Waals surface area contributed by atoms with E-state index in [4.69, 9.17) is 4.74 Å². The number of esters is 1. The molecule has 2 N–H and O–H groups in total. The number of hydrogen-bond acceptors (Lipinski definition) is 5. The minimum atomic E-state index is -3.79. The van der Waals surface area contributed by atoms with Crippen molar-refractivity contribution in [1.29, 1.82) is 0 Å². The molecule has 28 heavy (non-hydrogen) atoms. The van der Waals surface area contributed by atoms with Gasteiger partial charge in [-0.05, 0) is 58.0 Å². The number of ether oxygens (including phenoxy) is 1. The molecule has 0 fully saturated rings. The van der Waals surface area contributed by atoms with E-state index < -0.39 is 28.0 Å². The van der Waals surface area contributed by atoms with Crippen molar-refractivity contribution in [2.45, 2.75) is 44.7 Å². The van der Waals surface area contributed by atoms with E-state index in [1.165, 1.54) is 43.3 Å². The van der Waals surface area contributed by atoms with Gasteiger partial charge in [-0.25, -0.2) is 13.2 Å². The van der Waals surface area contributed by atoms with Crippen LogP contribution in [0.15, 0.2) is 53.4 Å². The summed E-state index contributed by atoms with van der Waals surface area (Å²) in [4.78, 5) is 24.3. The number of carbonyl (C=O) groups excluding carboxylic acids is 2. The molecule has 0 bridgehead atoms. The van der Waals surface area contributed by atoms with Gasteiger partial charge in [-0.2, -0.15) is 0 Å². The zero-order chi connectivity index (χ0) is 20.9. The van der Waals surface area contributed by atoms with Gasteiger partial charge < -0.3 is 10.1 Å². The Labute approximate surface area is 165 Å². The average Bonchev–Trinajstić information content (AvgIpc) is 2.61. The van der Waals surface area contributed by atoms with E-state index in [1.807, 2.05) is 6.92 Å². The van der Waals surface area contributed by atoms with Gasteiger partial charge in [-0.15, -0.1) is 0 Å². The molecule has 0 aliphatic heterocycles. The Bertz CT molecular complexity index is 953. The minimum Gasteiger partial charge on any atom is -0.449 e. The Morgan fingerprint density at radius 1 is 1.00 bits per heavy atom. The molecule has 0 aliphatic rings.